The fourth-order valence-electron chi connectivity index (χ4n) is 0.360. The lowest BCUT2D eigenvalue weighted by Crippen LogP contribution is -2.21. The highest BCUT2D eigenvalue weighted by Gasteiger charge is 1.96. The molecule has 0 aliphatic rings. The van der Waals surface area contributed by atoms with Crippen LogP contribution in [0, 0.1) is 0 Å². The first kappa shape index (κ1) is 8.78. The lowest BCUT2D eigenvalue weighted by atomic mass is 10.5. The summed E-state index contributed by atoms with van der Waals surface area (Å²) in [4.78, 5) is 14.9. The van der Waals surface area contributed by atoms with E-state index in [2.05, 4.69) is 10.3 Å². The van der Waals surface area contributed by atoms with Crippen molar-refractivity contribution in [3.63, 3.8) is 0 Å². The molecule has 0 aromatic carbocycles. The van der Waals surface area contributed by atoms with Crippen molar-refractivity contribution in [2.75, 3.05) is 19.1 Å². The second kappa shape index (κ2) is 5.91. The molecule has 0 aliphatic heterocycles. The van der Waals surface area contributed by atoms with Crippen LogP contribution in [0.25, 0.3) is 0 Å². The zero-order chi connectivity index (χ0) is 7.11. The van der Waals surface area contributed by atoms with Gasteiger partial charge in [-0.15, -0.1) is 0 Å². The number of hydrogen-bond donors (Lipinski definition) is 1. The third kappa shape index (κ3) is 5.65. The zero-order valence-electron chi connectivity index (χ0n) is 5.64. The highest BCUT2D eigenvalue weighted by molar-refractivity contribution is 7.98. The first-order chi connectivity index (χ1) is 4.31. The van der Waals surface area contributed by atoms with E-state index in [1.54, 1.807) is 11.8 Å². The molecule has 0 aromatic rings. The Balaban J connectivity index is 3.06. The largest absolute Gasteiger partial charge is 0.277 e. The second-order valence-electron chi connectivity index (χ2n) is 1.47. The lowest BCUT2D eigenvalue weighted by molar-refractivity contribution is -0.130. The average Bonchev–Trinajstić information content (AvgIpc) is 1.85. The van der Waals surface area contributed by atoms with Crippen LogP contribution in [0.5, 0.6) is 0 Å². The fraction of sp³-hybridized carbons (Fsp3) is 0.800. The zero-order valence-corrected chi connectivity index (χ0v) is 6.46. The number of amides is 1. The van der Waals surface area contributed by atoms with Gasteiger partial charge < -0.3 is 0 Å². The summed E-state index contributed by atoms with van der Waals surface area (Å²) in [5, 5.41) is 0. The Bertz CT molecular complexity index is 87.0. The number of hydroxylamine groups is 1. The van der Waals surface area contributed by atoms with Gasteiger partial charge in [-0.1, -0.05) is 0 Å². The molecule has 0 spiro atoms. The molecular weight excluding hydrogens is 138 g/mol. The number of carbonyl (C=O) groups excluding carboxylic acids is 1. The van der Waals surface area contributed by atoms with E-state index in [-0.39, 0.29) is 5.91 Å². The predicted molar refractivity (Wildman–Crippen MR) is 38.2 cm³/mol. The van der Waals surface area contributed by atoms with Gasteiger partial charge in [0.2, 0.25) is 5.91 Å². The number of nitrogens with one attached hydrogen (secondary N) is 1. The summed E-state index contributed by atoms with van der Waals surface area (Å²) in [5.74, 6) is 0.779. The molecular formula is C5H11NO2S. The summed E-state index contributed by atoms with van der Waals surface area (Å²) in [6, 6.07) is 0. The molecule has 0 heterocycles. The number of thioether (sulfide) groups is 1. The molecule has 0 bridgehead atoms. The molecule has 1 N–H and O–H groups in total. The van der Waals surface area contributed by atoms with Crippen molar-refractivity contribution in [2.24, 2.45) is 0 Å². The SMILES string of the molecule is CONC(=O)CCSC. The smallest absolute Gasteiger partial charge is 0.244 e. The van der Waals surface area contributed by atoms with Gasteiger partial charge in [-0.3, -0.25) is 9.63 Å². The minimum Gasteiger partial charge on any atom is -0.277 e. The topological polar surface area (TPSA) is 38.3 Å². The maximum atomic E-state index is 10.6. The Morgan fingerprint density at radius 3 is 2.89 bits per heavy atom. The first-order valence-corrected chi connectivity index (χ1v) is 4.01. The van der Waals surface area contributed by atoms with Gasteiger partial charge in [-0.05, 0) is 6.26 Å². The molecule has 0 fully saturated rings. The summed E-state index contributed by atoms with van der Waals surface area (Å²) in [5.41, 5.74) is 2.23. The number of carbonyl (C=O) groups is 1. The van der Waals surface area contributed by atoms with Crippen molar-refractivity contribution in [3.8, 4) is 0 Å². The van der Waals surface area contributed by atoms with Crippen molar-refractivity contribution in [3.05, 3.63) is 0 Å². The molecule has 9 heavy (non-hydrogen) atoms. The van der Waals surface area contributed by atoms with Gasteiger partial charge in [0, 0.05) is 12.2 Å². The van der Waals surface area contributed by atoms with Gasteiger partial charge in [0.25, 0.3) is 0 Å². The van der Waals surface area contributed by atoms with Gasteiger partial charge in [0.05, 0.1) is 7.11 Å². The molecule has 0 saturated carbocycles. The highest BCUT2D eigenvalue weighted by Crippen LogP contribution is 1.93. The van der Waals surface area contributed by atoms with Crippen LogP contribution in [0.2, 0.25) is 0 Å². The fourth-order valence-corrected chi connectivity index (χ4v) is 0.749. The molecule has 0 radical (unpaired) electrons. The Morgan fingerprint density at radius 2 is 2.44 bits per heavy atom. The van der Waals surface area contributed by atoms with Crippen LogP contribution in [0.4, 0.5) is 0 Å². The van der Waals surface area contributed by atoms with Crippen molar-refractivity contribution in [1.82, 2.24) is 5.48 Å². The van der Waals surface area contributed by atoms with Crippen LogP contribution in [0.1, 0.15) is 6.42 Å². The van der Waals surface area contributed by atoms with Crippen LogP contribution in [-0.2, 0) is 9.63 Å². The summed E-state index contributed by atoms with van der Waals surface area (Å²) >= 11 is 1.64. The van der Waals surface area contributed by atoms with E-state index in [9.17, 15) is 4.79 Å². The molecule has 4 heteroatoms. The van der Waals surface area contributed by atoms with E-state index in [1.807, 2.05) is 6.26 Å². The molecule has 54 valence electrons. The van der Waals surface area contributed by atoms with Crippen molar-refractivity contribution in [1.29, 1.82) is 0 Å². The Kier molecular flexibility index (Phi) is 5.76. The highest BCUT2D eigenvalue weighted by atomic mass is 32.2. The molecule has 3 nitrogen and oxygen atoms in total. The quantitative estimate of drug-likeness (QED) is 0.589. The van der Waals surface area contributed by atoms with Gasteiger partial charge in [-0.25, -0.2) is 5.48 Å². The van der Waals surface area contributed by atoms with Crippen molar-refractivity contribution in [2.45, 2.75) is 6.42 Å². The number of hydrogen-bond acceptors (Lipinski definition) is 3. The van der Waals surface area contributed by atoms with E-state index in [1.165, 1.54) is 7.11 Å². The van der Waals surface area contributed by atoms with Gasteiger partial charge in [0.1, 0.15) is 0 Å². The van der Waals surface area contributed by atoms with Crippen LogP contribution in [0.3, 0.4) is 0 Å². The Labute approximate surface area is 59.1 Å². The van der Waals surface area contributed by atoms with E-state index >= 15 is 0 Å². The molecule has 0 aromatic heterocycles. The van der Waals surface area contributed by atoms with Crippen LogP contribution in [0.15, 0.2) is 0 Å². The van der Waals surface area contributed by atoms with E-state index < -0.39 is 0 Å². The van der Waals surface area contributed by atoms with Crippen molar-refractivity contribution >= 4 is 17.7 Å². The van der Waals surface area contributed by atoms with E-state index in [0.717, 1.165) is 5.75 Å². The number of rotatable bonds is 4. The summed E-state index contributed by atoms with van der Waals surface area (Å²) in [6.07, 6.45) is 2.48. The molecule has 1 amide bonds. The standard InChI is InChI=1S/C5H11NO2S/c1-8-6-5(7)3-4-9-2/h3-4H2,1-2H3,(H,6,7). The van der Waals surface area contributed by atoms with Crippen LogP contribution >= 0.6 is 11.8 Å². The van der Waals surface area contributed by atoms with Gasteiger partial charge >= 0.3 is 0 Å². The average molecular weight is 149 g/mol. The summed E-state index contributed by atoms with van der Waals surface area (Å²) in [6.45, 7) is 0. The molecule has 0 aliphatic carbocycles. The maximum absolute atomic E-state index is 10.6. The van der Waals surface area contributed by atoms with Crippen LogP contribution < -0.4 is 5.48 Å². The Hall–Kier alpha value is -0.220. The summed E-state index contributed by atoms with van der Waals surface area (Å²) in [7, 11) is 1.43. The normalized spacial score (nSPS) is 9.11. The predicted octanol–water partition coefficient (Wildman–Crippen LogP) is 0.417. The third-order valence-corrected chi connectivity index (χ3v) is 1.36. The second-order valence-corrected chi connectivity index (χ2v) is 2.46. The molecule has 0 unspecified atom stereocenters. The van der Waals surface area contributed by atoms with Crippen LogP contribution in [-0.4, -0.2) is 25.0 Å². The first-order valence-electron chi connectivity index (χ1n) is 2.62. The van der Waals surface area contributed by atoms with Gasteiger partial charge in [0.15, 0.2) is 0 Å². The van der Waals surface area contributed by atoms with E-state index in [4.69, 9.17) is 0 Å². The minimum atomic E-state index is -0.0631. The molecule has 0 rings (SSSR count). The molecule has 0 saturated heterocycles. The maximum Gasteiger partial charge on any atom is 0.244 e. The Morgan fingerprint density at radius 1 is 1.78 bits per heavy atom. The van der Waals surface area contributed by atoms with Crippen molar-refractivity contribution < 1.29 is 9.63 Å². The third-order valence-electron chi connectivity index (χ3n) is 0.749. The molecule has 0 atom stereocenters. The van der Waals surface area contributed by atoms with E-state index in [0.29, 0.717) is 6.42 Å². The lowest BCUT2D eigenvalue weighted by Gasteiger charge is -1.98. The monoisotopic (exact) mass is 149 g/mol. The minimum absolute atomic E-state index is 0.0631. The van der Waals surface area contributed by atoms with Gasteiger partial charge in [-0.2, -0.15) is 11.8 Å². The summed E-state index contributed by atoms with van der Waals surface area (Å²) < 4.78 is 0.